The lowest BCUT2D eigenvalue weighted by molar-refractivity contribution is 0.317. The molecule has 0 bridgehead atoms. The molecule has 0 spiro atoms. The SMILES string of the molecule is COc1ccc(CN(C)Cc2cc(F)c(C#N)c(F)c2)cc1. The molecule has 2 aromatic carbocycles. The third kappa shape index (κ3) is 3.80. The smallest absolute Gasteiger partial charge is 0.144 e. The summed E-state index contributed by atoms with van der Waals surface area (Å²) in [7, 11) is 3.47. The van der Waals surface area contributed by atoms with Gasteiger partial charge in [0.2, 0.25) is 0 Å². The molecule has 0 aliphatic heterocycles. The zero-order valence-corrected chi connectivity index (χ0v) is 12.4. The molecular weight excluding hydrogens is 286 g/mol. The van der Waals surface area contributed by atoms with E-state index in [4.69, 9.17) is 10.00 Å². The molecule has 5 heteroatoms. The Morgan fingerprint density at radius 3 is 2.09 bits per heavy atom. The molecule has 0 atom stereocenters. The standard InChI is InChI=1S/C17H16F2N2O/c1-21(10-12-3-5-14(22-2)6-4-12)11-13-7-16(18)15(9-20)17(19)8-13/h3-8H,10-11H2,1-2H3. The second-order valence-electron chi connectivity index (χ2n) is 5.07. The van der Waals surface area contributed by atoms with E-state index in [0.717, 1.165) is 11.3 Å². The molecule has 22 heavy (non-hydrogen) atoms. The van der Waals surface area contributed by atoms with Gasteiger partial charge in [0.25, 0.3) is 0 Å². The maximum atomic E-state index is 13.6. The summed E-state index contributed by atoms with van der Waals surface area (Å²) < 4.78 is 32.2. The van der Waals surface area contributed by atoms with E-state index in [0.29, 0.717) is 18.7 Å². The van der Waals surface area contributed by atoms with Gasteiger partial charge >= 0.3 is 0 Å². The van der Waals surface area contributed by atoms with E-state index < -0.39 is 17.2 Å². The minimum Gasteiger partial charge on any atom is -0.497 e. The van der Waals surface area contributed by atoms with Crippen molar-refractivity contribution in [3.05, 3.63) is 64.7 Å². The zero-order valence-electron chi connectivity index (χ0n) is 12.4. The van der Waals surface area contributed by atoms with E-state index in [9.17, 15) is 8.78 Å². The number of rotatable bonds is 5. The Morgan fingerprint density at radius 2 is 1.59 bits per heavy atom. The van der Waals surface area contributed by atoms with Crippen molar-refractivity contribution >= 4 is 0 Å². The molecule has 2 rings (SSSR count). The number of methoxy groups -OCH3 is 1. The van der Waals surface area contributed by atoms with Crippen molar-refractivity contribution in [1.29, 1.82) is 5.26 Å². The zero-order chi connectivity index (χ0) is 16.1. The summed E-state index contributed by atoms with van der Waals surface area (Å²) in [5.74, 6) is -0.867. The van der Waals surface area contributed by atoms with Crippen LogP contribution in [-0.2, 0) is 13.1 Å². The van der Waals surface area contributed by atoms with Gasteiger partial charge in [-0.05, 0) is 42.4 Å². The highest BCUT2D eigenvalue weighted by Crippen LogP contribution is 2.17. The maximum Gasteiger partial charge on any atom is 0.144 e. The first-order chi connectivity index (χ1) is 10.5. The Labute approximate surface area is 128 Å². The average molecular weight is 302 g/mol. The van der Waals surface area contributed by atoms with Crippen LogP contribution in [0.25, 0.3) is 0 Å². The Balaban J connectivity index is 2.05. The summed E-state index contributed by atoms with van der Waals surface area (Å²) in [6, 6.07) is 11.5. The van der Waals surface area contributed by atoms with Gasteiger partial charge in [-0.1, -0.05) is 12.1 Å². The quantitative estimate of drug-likeness (QED) is 0.848. The summed E-state index contributed by atoms with van der Waals surface area (Å²) in [6.07, 6.45) is 0. The van der Waals surface area contributed by atoms with E-state index >= 15 is 0 Å². The van der Waals surface area contributed by atoms with Crippen LogP contribution in [0.4, 0.5) is 8.78 Å². The Bertz CT molecular complexity index is 670. The Hall–Kier alpha value is -2.45. The van der Waals surface area contributed by atoms with Crippen LogP contribution in [0.5, 0.6) is 5.75 Å². The van der Waals surface area contributed by atoms with Crippen LogP contribution in [0, 0.1) is 23.0 Å². The second kappa shape index (κ2) is 7.01. The minimum atomic E-state index is -0.824. The number of benzene rings is 2. The topological polar surface area (TPSA) is 36.3 Å². The fourth-order valence-electron chi connectivity index (χ4n) is 2.23. The fourth-order valence-corrected chi connectivity index (χ4v) is 2.23. The lowest BCUT2D eigenvalue weighted by Crippen LogP contribution is -2.17. The van der Waals surface area contributed by atoms with Gasteiger partial charge in [0.05, 0.1) is 7.11 Å². The van der Waals surface area contributed by atoms with Gasteiger partial charge in [-0.2, -0.15) is 5.26 Å². The lowest BCUT2D eigenvalue weighted by Gasteiger charge is -2.17. The maximum absolute atomic E-state index is 13.6. The van der Waals surface area contributed by atoms with Crippen molar-refractivity contribution in [2.45, 2.75) is 13.1 Å². The van der Waals surface area contributed by atoms with Crippen molar-refractivity contribution in [1.82, 2.24) is 4.90 Å². The van der Waals surface area contributed by atoms with Gasteiger partial charge in [0, 0.05) is 13.1 Å². The van der Waals surface area contributed by atoms with E-state index in [2.05, 4.69) is 0 Å². The molecule has 0 radical (unpaired) electrons. The summed E-state index contributed by atoms with van der Waals surface area (Å²) in [5.41, 5.74) is 1.02. The van der Waals surface area contributed by atoms with Gasteiger partial charge < -0.3 is 4.74 Å². The summed E-state index contributed by atoms with van der Waals surface area (Å²) >= 11 is 0. The highest BCUT2D eigenvalue weighted by molar-refractivity contribution is 5.35. The predicted molar refractivity (Wildman–Crippen MR) is 79.2 cm³/mol. The van der Waals surface area contributed by atoms with Gasteiger partial charge in [-0.3, -0.25) is 4.90 Å². The number of halogens is 2. The van der Waals surface area contributed by atoms with Crippen LogP contribution in [0.1, 0.15) is 16.7 Å². The first-order valence-corrected chi connectivity index (χ1v) is 6.73. The molecule has 0 unspecified atom stereocenters. The van der Waals surface area contributed by atoms with E-state index in [1.165, 1.54) is 18.2 Å². The number of nitrogens with zero attached hydrogens (tertiary/aromatic N) is 2. The molecule has 114 valence electrons. The van der Waals surface area contributed by atoms with Gasteiger partial charge in [-0.25, -0.2) is 8.78 Å². The molecule has 3 nitrogen and oxygen atoms in total. The van der Waals surface area contributed by atoms with Gasteiger partial charge in [0.1, 0.15) is 29.0 Å². The largest absolute Gasteiger partial charge is 0.497 e. The lowest BCUT2D eigenvalue weighted by atomic mass is 10.1. The number of ether oxygens (including phenoxy) is 1. The number of hydrogen-bond acceptors (Lipinski definition) is 3. The predicted octanol–water partition coefficient (Wildman–Crippen LogP) is 3.48. The molecule has 0 aliphatic rings. The highest BCUT2D eigenvalue weighted by Gasteiger charge is 2.12. The molecule has 0 saturated carbocycles. The third-order valence-corrected chi connectivity index (χ3v) is 3.28. The molecule has 0 N–H and O–H groups in total. The number of nitriles is 1. The molecule has 0 aliphatic carbocycles. The molecule has 2 aromatic rings. The fraction of sp³-hybridized carbons (Fsp3) is 0.235. The average Bonchev–Trinajstić information content (AvgIpc) is 2.47. The third-order valence-electron chi connectivity index (χ3n) is 3.28. The Morgan fingerprint density at radius 1 is 1.05 bits per heavy atom. The molecule has 0 amide bonds. The van der Waals surface area contributed by atoms with Crippen LogP contribution in [0.3, 0.4) is 0 Å². The summed E-state index contributed by atoms with van der Waals surface area (Å²) in [4.78, 5) is 1.93. The van der Waals surface area contributed by atoms with Crippen molar-refractivity contribution in [3.63, 3.8) is 0 Å². The molecule has 0 saturated heterocycles. The van der Waals surface area contributed by atoms with E-state index in [1.807, 2.05) is 36.2 Å². The molecular formula is C17H16F2N2O. The summed E-state index contributed by atoms with van der Waals surface area (Å²) in [6.45, 7) is 1.01. The molecule has 0 aromatic heterocycles. The van der Waals surface area contributed by atoms with E-state index in [-0.39, 0.29) is 0 Å². The first-order valence-electron chi connectivity index (χ1n) is 6.73. The van der Waals surface area contributed by atoms with Crippen LogP contribution in [-0.4, -0.2) is 19.1 Å². The minimum absolute atomic E-state index is 0.381. The Kier molecular flexibility index (Phi) is 5.08. The van der Waals surface area contributed by atoms with Crippen LogP contribution in [0.2, 0.25) is 0 Å². The number of hydrogen-bond donors (Lipinski definition) is 0. The van der Waals surface area contributed by atoms with Crippen LogP contribution in [0.15, 0.2) is 36.4 Å². The van der Waals surface area contributed by atoms with Crippen molar-refractivity contribution in [2.24, 2.45) is 0 Å². The highest BCUT2D eigenvalue weighted by atomic mass is 19.1. The van der Waals surface area contributed by atoms with Crippen molar-refractivity contribution in [3.8, 4) is 11.8 Å². The van der Waals surface area contributed by atoms with Crippen LogP contribution >= 0.6 is 0 Å². The molecule has 0 fully saturated rings. The summed E-state index contributed by atoms with van der Waals surface area (Å²) in [5, 5.41) is 8.66. The molecule has 0 heterocycles. The second-order valence-corrected chi connectivity index (χ2v) is 5.07. The van der Waals surface area contributed by atoms with Gasteiger partial charge in [0.15, 0.2) is 0 Å². The van der Waals surface area contributed by atoms with Crippen molar-refractivity contribution in [2.75, 3.05) is 14.2 Å². The van der Waals surface area contributed by atoms with Crippen LogP contribution < -0.4 is 4.74 Å². The van der Waals surface area contributed by atoms with E-state index in [1.54, 1.807) is 7.11 Å². The van der Waals surface area contributed by atoms with Crippen molar-refractivity contribution < 1.29 is 13.5 Å². The monoisotopic (exact) mass is 302 g/mol. The normalized spacial score (nSPS) is 10.5. The first kappa shape index (κ1) is 15.9. The van der Waals surface area contributed by atoms with Gasteiger partial charge in [-0.15, -0.1) is 0 Å².